The molecule has 10 nitrogen and oxygen atoms in total. The Kier molecular flexibility index (Phi) is 6.88. The Balaban J connectivity index is 1.53. The molecule has 1 atom stereocenters. The first-order chi connectivity index (χ1) is 19.9. The van der Waals surface area contributed by atoms with Gasteiger partial charge in [0.2, 0.25) is 0 Å². The normalized spacial score (nSPS) is 17.6. The minimum absolute atomic E-state index is 0.0897. The molecule has 41 heavy (non-hydrogen) atoms. The highest BCUT2D eigenvalue weighted by atomic mass is 32.1. The number of carbonyl (C=O) groups excluding carboxylic acids is 2. The van der Waals surface area contributed by atoms with Crippen molar-refractivity contribution < 1.29 is 38.4 Å². The van der Waals surface area contributed by atoms with E-state index < -0.39 is 17.7 Å². The van der Waals surface area contributed by atoms with Gasteiger partial charge in [0, 0.05) is 5.56 Å². The number of ketones is 1. The number of thiazole rings is 1. The summed E-state index contributed by atoms with van der Waals surface area (Å²) in [6.07, 6.45) is 0. The van der Waals surface area contributed by atoms with Crippen LogP contribution < -0.4 is 28.6 Å². The van der Waals surface area contributed by atoms with Crippen molar-refractivity contribution in [2.45, 2.75) is 13.0 Å². The van der Waals surface area contributed by atoms with Crippen molar-refractivity contribution in [1.29, 1.82) is 0 Å². The predicted molar refractivity (Wildman–Crippen MR) is 153 cm³/mol. The summed E-state index contributed by atoms with van der Waals surface area (Å²) in [6, 6.07) is 14.4. The third kappa shape index (κ3) is 4.57. The first-order valence-electron chi connectivity index (χ1n) is 12.9. The van der Waals surface area contributed by atoms with Crippen LogP contribution in [0.2, 0.25) is 0 Å². The SMILES string of the molecule is CCOc1ccc2nc(N3C(=O)C(=O)/C(=C(\O)c4ccc5c(c4)OCCO5)C3c3ccc(OC)c(OC)c3)sc2c1. The molecule has 11 heteroatoms. The van der Waals surface area contributed by atoms with Gasteiger partial charge in [-0.2, -0.15) is 0 Å². The zero-order valence-electron chi connectivity index (χ0n) is 22.5. The van der Waals surface area contributed by atoms with Crippen molar-refractivity contribution >= 4 is 44.1 Å². The number of amides is 1. The molecule has 1 amide bonds. The van der Waals surface area contributed by atoms with Crippen LogP contribution in [0.5, 0.6) is 28.7 Å². The van der Waals surface area contributed by atoms with Crippen LogP contribution in [0.25, 0.3) is 16.0 Å². The van der Waals surface area contributed by atoms with Crippen molar-refractivity contribution in [3.63, 3.8) is 0 Å². The maximum absolute atomic E-state index is 13.7. The van der Waals surface area contributed by atoms with E-state index in [1.165, 1.54) is 30.5 Å². The van der Waals surface area contributed by atoms with Gasteiger partial charge in [-0.15, -0.1) is 0 Å². The number of methoxy groups -OCH3 is 2. The molecular formula is C30H26N2O8S. The van der Waals surface area contributed by atoms with Gasteiger partial charge in [0.05, 0.1) is 42.7 Å². The Morgan fingerprint density at radius 2 is 1.78 bits per heavy atom. The highest BCUT2D eigenvalue weighted by Gasteiger charge is 2.48. The fourth-order valence-corrected chi connectivity index (χ4v) is 5.99. The number of fused-ring (bicyclic) bond motifs is 2. The Morgan fingerprint density at radius 1 is 1.00 bits per heavy atom. The second-order valence-corrected chi connectivity index (χ2v) is 10.2. The molecule has 2 aliphatic rings. The van der Waals surface area contributed by atoms with Gasteiger partial charge in [-0.25, -0.2) is 4.98 Å². The Hall–Kier alpha value is -4.77. The number of nitrogens with zero attached hydrogens (tertiary/aromatic N) is 2. The van der Waals surface area contributed by atoms with Crippen molar-refractivity contribution in [2.75, 3.05) is 38.9 Å². The van der Waals surface area contributed by atoms with Gasteiger partial charge in [-0.05, 0) is 61.0 Å². The first kappa shape index (κ1) is 26.5. The molecule has 0 aliphatic carbocycles. The molecule has 3 heterocycles. The molecular weight excluding hydrogens is 548 g/mol. The summed E-state index contributed by atoms with van der Waals surface area (Å²) >= 11 is 1.25. The highest BCUT2D eigenvalue weighted by Crippen LogP contribution is 2.46. The topological polar surface area (TPSA) is 117 Å². The van der Waals surface area contributed by atoms with Crippen LogP contribution in [-0.4, -0.2) is 55.8 Å². The van der Waals surface area contributed by atoms with Crippen LogP contribution in [0.3, 0.4) is 0 Å². The molecule has 0 radical (unpaired) electrons. The lowest BCUT2D eigenvalue weighted by Gasteiger charge is -2.24. The molecule has 0 spiro atoms. The van der Waals surface area contributed by atoms with Crippen LogP contribution in [0.15, 0.2) is 60.2 Å². The van der Waals surface area contributed by atoms with Gasteiger partial charge in [0.25, 0.3) is 5.78 Å². The van der Waals surface area contributed by atoms with Crippen LogP contribution in [0.1, 0.15) is 24.1 Å². The molecule has 2 aliphatic heterocycles. The summed E-state index contributed by atoms with van der Waals surface area (Å²) in [5.41, 5.74) is 1.39. The van der Waals surface area contributed by atoms with Crippen molar-refractivity contribution in [1.82, 2.24) is 4.98 Å². The van der Waals surface area contributed by atoms with Gasteiger partial charge in [-0.1, -0.05) is 17.4 Å². The molecule has 4 aromatic rings. The van der Waals surface area contributed by atoms with Crippen LogP contribution >= 0.6 is 11.3 Å². The minimum Gasteiger partial charge on any atom is -0.507 e. The molecule has 1 aromatic heterocycles. The average Bonchev–Trinajstić information content (AvgIpc) is 3.53. The molecule has 1 unspecified atom stereocenters. The monoisotopic (exact) mass is 574 g/mol. The molecule has 1 N–H and O–H groups in total. The maximum atomic E-state index is 13.7. The summed E-state index contributed by atoms with van der Waals surface area (Å²) in [7, 11) is 3.01. The van der Waals surface area contributed by atoms with E-state index in [0.717, 1.165) is 4.70 Å². The lowest BCUT2D eigenvalue weighted by Crippen LogP contribution is -2.29. The second-order valence-electron chi connectivity index (χ2n) is 9.20. The average molecular weight is 575 g/mol. The molecule has 1 saturated heterocycles. The summed E-state index contributed by atoms with van der Waals surface area (Å²) < 4.78 is 28.6. The number of ether oxygens (including phenoxy) is 5. The highest BCUT2D eigenvalue weighted by molar-refractivity contribution is 7.22. The zero-order chi connectivity index (χ0) is 28.7. The van der Waals surface area contributed by atoms with E-state index in [1.807, 2.05) is 13.0 Å². The standard InChI is InChI=1S/C30H26N2O8S/c1-4-38-18-7-8-19-24(15-18)41-30(31-19)32-26(16-5-9-20(36-2)22(13-16)37-3)25(28(34)29(32)35)27(33)17-6-10-21-23(14-17)40-12-11-39-21/h5-10,13-15,26,33H,4,11-12H2,1-3H3/b27-25-. The van der Waals surface area contributed by atoms with E-state index in [9.17, 15) is 14.7 Å². The molecule has 6 rings (SSSR count). The number of carbonyl (C=O) groups is 2. The Labute approximate surface area is 239 Å². The van der Waals surface area contributed by atoms with Gasteiger partial charge in [-0.3, -0.25) is 14.5 Å². The van der Waals surface area contributed by atoms with Crippen LogP contribution in [-0.2, 0) is 9.59 Å². The Morgan fingerprint density at radius 3 is 2.54 bits per heavy atom. The number of aliphatic hydroxyl groups is 1. The lowest BCUT2D eigenvalue weighted by molar-refractivity contribution is -0.132. The molecule has 1 fully saturated rings. The second kappa shape index (κ2) is 10.7. The number of hydrogen-bond donors (Lipinski definition) is 1. The molecule has 3 aromatic carbocycles. The minimum atomic E-state index is -1.00. The van der Waals surface area contributed by atoms with E-state index in [4.69, 9.17) is 23.7 Å². The van der Waals surface area contributed by atoms with E-state index in [2.05, 4.69) is 4.98 Å². The fraction of sp³-hybridized carbons (Fsp3) is 0.233. The quantitative estimate of drug-likeness (QED) is 0.183. The number of benzene rings is 3. The smallest absolute Gasteiger partial charge is 0.301 e. The van der Waals surface area contributed by atoms with Crippen molar-refractivity contribution in [3.05, 3.63) is 71.3 Å². The lowest BCUT2D eigenvalue weighted by atomic mass is 9.95. The summed E-state index contributed by atoms with van der Waals surface area (Å²) in [6.45, 7) is 3.17. The fourth-order valence-electron chi connectivity index (χ4n) is 4.97. The van der Waals surface area contributed by atoms with Gasteiger partial charge >= 0.3 is 5.91 Å². The van der Waals surface area contributed by atoms with Crippen LogP contribution in [0, 0.1) is 0 Å². The zero-order valence-corrected chi connectivity index (χ0v) is 23.3. The molecule has 210 valence electrons. The largest absolute Gasteiger partial charge is 0.507 e. The summed E-state index contributed by atoms with van der Waals surface area (Å²) in [5.74, 6) is 0.525. The number of aromatic nitrogens is 1. The van der Waals surface area contributed by atoms with Crippen molar-refractivity contribution in [3.8, 4) is 28.7 Å². The van der Waals surface area contributed by atoms with Gasteiger partial charge in [0.1, 0.15) is 24.7 Å². The Bertz CT molecular complexity index is 1710. The van der Waals surface area contributed by atoms with Gasteiger partial charge in [0.15, 0.2) is 28.1 Å². The summed E-state index contributed by atoms with van der Waals surface area (Å²) in [5, 5.41) is 11.9. The van der Waals surface area contributed by atoms with E-state index in [1.54, 1.807) is 48.5 Å². The number of aliphatic hydroxyl groups excluding tert-OH is 1. The van der Waals surface area contributed by atoms with Gasteiger partial charge < -0.3 is 28.8 Å². The number of anilines is 1. The van der Waals surface area contributed by atoms with E-state index in [-0.39, 0.29) is 11.3 Å². The number of rotatable bonds is 7. The predicted octanol–water partition coefficient (Wildman–Crippen LogP) is 5.11. The molecule has 0 bridgehead atoms. The van der Waals surface area contributed by atoms with E-state index >= 15 is 0 Å². The third-order valence-corrected chi connectivity index (χ3v) is 7.87. The van der Waals surface area contributed by atoms with Crippen molar-refractivity contribution in [2.24, 2.45) is 0 Å². The van der Waals surface area contributed by atoms with Crippen LogP contribution in [0.4, 0.5) is 5.13 Å². The summed E-state index contributed by atoms with van der Waals surface area (Å²) in [4.78, 5) is 33.3. The number of Topliss-reactive ketones (excluding diaryl/α,β-unsaturated/α-hetero) is 1. The maximum Gasteiger partial charge on any atom is 0.301 e. The number of hydrogen-bond acceptors (Lipinski definition) is 10. The molecule has 0 saturated carbocycles. The third-order valence-electron chi connectivity index (χ3n) is 6.85. The first-order valence-corrected chi connectivity index (χ1v) is 13.7. The van der Waals surface area contributed by atoms with E-state index in [0.29, 0.717) is 70.3 Å².